The zero-order valence-electron chi connectivity index (χ0n) is 18.7. The maximum absolute atomic E-state index is 13.7. The number of halogens is 1. The number of piperazine rings is 1. The first-order valence-corrected chi connectivity index (χ1v) is 13.6. The fourth-order valence-corrected chi connectivity index (χ4v) is 6.48. The summed E-state index contributed by atoms with van der Waals surface area (Å²) in [7, 11) is -3.98. The minimum absolute atomic E-state index is 0.0164. The van der Waals surface area contributed by atoms with Crippen LogP contribution in [0.1, 0.15) is 15.9 Å². The molecule has 0 bridgehead atoms. The summed E-state index contributed by atoms with van der Waals surface area (Å²) in [5, 5.41) is 11.4. The van der Waals surface area contributed by atoms with Gasteiger partial charge in [-0.1, -0.05) is 64.5 Å². The van der Waals surface area contributed by atoms with Gasteiger partial charge in [0.25, 0.3) is 11.6 Å². The van der Waals surface area contributed by atoms with Crippen LogP contribution in [0.15, 0.2) is 89.8 Å². The van der Waals surface area contributed by atoms with Gasteiger partial charge in [-0.05, 0) is 36.2 Å². The number of alkyl halides is 1. The van der Waals surface area contributed by atoms with Gasteiger partial charge in [0.2, 0.25) is 10.0 Å². The molecular formula is C25H24BrN3O5S. The Kier molecular flexibility index (Phi) is 7.63. The first-order chi connectivity index (χ1) is 16.8. The van der Waals surface area contributed by atoms with E-state index in [1.165, 1.54) is 28.6 Å². The molecule has 0 aromatic heterocycles. The molecule has 0 spiro atoms. The predicted octanol–water partition coefficient (Wildman–Crippen LogP) is 4.12. The van der Waals surface area contributed by atoms with Gasteiger partial charge < -0.3 is 4.90 Å². The number of carbonyl (C=O) groups excluding carboxylic acids is 1. The van der Waals surface area contributed by atoms with Crippen molar-refractivity contribution in [2.45, 2.75) is 23.4 Å². The number of hydrogen-bond donors (Lipinski definition) is 0. The average molecular weight is 558 g/mol. The molecule has 3 aromatic carbocycles. The van der Waals surface area contributed by atoms with Crippen molar-refractivity contribution in [2.24, 2.45) is 0 Å². The van der Waals surface area contributed by atoms with Crippen LogP contribution < -0.4 is 0 Å². The van der Waals surface area contributed by atoms with E-state index in [-0.39, 0.29) is 35.6 Å². The van der Waals surface area contributed by atoms with Crippen LogP contribution in [0.4, 0.5) is 5.69 Å². The number of rotatable bonds is 7. The largest absolute Gasteiger partial charge is 0.332 e. The highest BCUT2D eigenvalue weighted by Gasteiger charge is 2.42. The van der Waals surface area contributed by atoms with E-state index in [4.69, 9.17) is 0 Å². The number of nitro benzene ring substituents is 1. The molecule has 35 heavy (non-hydrogen) atoms. The van der Waals surface area contributed by atoms with Crippen molar-refractivity contribution in [3.8, 4) is 0 Å². The van der Waals surface area contributed by atoms with Gasteiger partial charge in [0.15, 0.2) is 0 Å². The van der Waals surface area contributed by atoms with Gasteiger partial charge in [-0.25, -0.2) is 8.42 Å². The highest BCUT2D eigenvalue weighted by atomic mass is 79.9. The van der Waals surface area contributed by atoms with Gasteiger partial charge in [0.1, 0.15) is 0 Å². The average Bonchev–Trinajstić information content (AvgIpc) is 2.89. The minimum atomic E-state index is -3.98. The van der Waals surface area contributed by atoms with Crippen molar-refractivity contribution in [3.05, 3.63) is 106 Å². The van der Waals surface area contributed by atoms with E-state index in [9.17, 15) is 23.3 Å². The summed E-state index contributed by atoms with van der Waals surface area (Å²) in [5.41, 5.74) is 1.32. The van der Waals surface area contributed by atoms with Crippen LogP contribution in [-0.2, 0) is 16.4 Å². The molecule has 1 aliphatic rings. The minimum Gasteiger partial charge on any atom is -0.332 e. The van der Waals surface area contributed by atoms with Crippen LogP contribution in [0.5, 0.6) is 0 Å². The molecule has 10 heteroatoms. The van der Waals surface area contributed by atoms with Gasteiger partial charge in [-0.15, -0.1) is 0 Å². The van der Waals surface area contributed by atoms with Crippen LogP contribution in [0.2, 0.25) is 0 Å². The highest BCUT2D eigenvalue weighted by Crippen LogP contribution is 2.29. The first kappa shape index (κ1) is 25.0. The van der Waals surface area contributed by atoms with Crippen molar-refractivity contribution < 1.29 is 18.1 Å². The number of nitro groups is 1. The maximum Gasteiger partial charge on any atom is 0.269 e. The second-order valence-electron chi connectivity index (χ2n) is 8.30. The molecule has 3 aromatic rings. The molecule has 1 aliphatic heterocycles. The molecule has 182 valence electrons. The second kappa shape index (κ2) is 10.7. The number of hydrogen-bond acceptors (Lipinski definition) is 5. The van der Waals surface area contributed by atoms with Crippen LogP contribution in [0, 0.1) is 10.1 Å². The number of benzene rings is 3. The van der Waals surface area contributed by atoms with E-state index >= 15 is 0 Å². The third-order valence-corrected chi connectivity index (χ3v) is 8.75. The summed E-state index contributed by atoms with van der Waals surface area (Å²) in [4.78, 5) is 25.5. The molecule has 0 unspecified atom stereocenters. The Hall–Kier alpha value is -3.08. The zero-order chi connectivity index (χ0) is 25.0. The van der Waals surface area contributed by atoms with Crippen molar-refractivity contribution in [3.63, 3.8) is 0 Å². The molecule has 0 N–H and O–H groups in total. The molecular weight excluding hydrogens is 534 g/mol. The van der Waals surface area contributed by atoms with E-state index in [1.807, 2.05) is 36.4 Å². The smallest absolute Gasteiger partial charge is 0.269 e. The molecule has 0 aliphatic carbocycles. The van der Waals surface area contributed by atoms with Gasteiger partial charge in [0, 0.05) is 42.2 Å². The third kappa shape index (κ3) is 5.44. The highest BCUT2D eigenvalue weighted by molar-refractivity contribution is 9.09. The molecule has 2 atom stereocenters. The monoisotopic (exact) mass is 557 g/mol. The van der Waals surface area contributed by atoms with E-state index in [0.717, 1.165) is 5.56 Å². The lowest BCUT2D eigenvalue weighted by atomic mass is 10.0. The van der Waals surface area contributed by atoms with E-state index in [1.54, 1.807) is 29.2 Å². The Bertz CT molecular complexity index is 1290. The Labute approximate surface area is 212 Å². The van der Waals surface area contributed by atoms with Gasteiger partial charge >= 0.3 is 0 Å². The Morgan fingerprint density at radius 1 is 0.914 bits per heavy atom. The van der Waals surface area contributed by atoms with Crippen LogP contribution in [-0.4, -0.2) is 59.0 Å². The lowest BCUT2D eigenvalue weighted by Gasteiger charge is -2.45. The fraction of sp³-hybridized carbons (Fsp3) is 0.240. The summed E-state index contributed by atoms with van der Waals surface area (Å²) in [6, 6.07) is 22.5. The van der Waals surface area contributed by atoms with Gasteiger partial charge in [-0.3, -0.25) is 14.9 Å². The van der Waals surface area contributed by atoms with E-state index in [0.29, 0.717) is 17.3 Å². The van der Waals surface area contributed by atoms with Gasteiger partial charge in [-0.2, -0.15) is 4.31 Å². The predicted molar refractivity (Wildman–Crippen MR) is 136 cm³/mol. The number of non-ortho nitro benzene ring substituents is 1. The number of nitrogens with zero attached hydrogens (tertiary/aromatic N) is 3. The Balaban J connectivity index is 1.70. The van der Waals surface area contributed by atoms with Crippen LogP contribution >= 0.6 is 15.9 Å². The van der Waals surface area contributed by atoms with Crippen molar-refractivity contribution in [1.29, 1.82) is 0 Å². The molecule has 1 amide bonds. The summed E-state index contributed by atoms with van der Waals surface area (Å²) in [6.07, 6.45) is 0.417. The summed E-state index contributed by atoms with van der Waals surface area (Å²) in [6.45, 7) is 0.311. The molecule has 8 nitrogen and oxygen atoms in total. The second-order valence-corrected chi connectivity index (χ2v) is 10.8. The molecule has 1 saturated heterocycles. The third-order valence-electron chi connectivity index (χ3n) is 6.07. The van der Waals surface area contributed by atoms with Crippen molar-refractivity contribution >= 4 is 37.5 Å². The van der Waals surface area contributed by atoms with E-state index < -0.39 is 21.0 Å². The number of amides is 1. The number of sulfonamides is 1. The maximum atomic E-state index is 13.7. The summed E-state index contributed by atoms with van der Waals surface area (Å²) in [5.74, 6) is -0.152. The molecule has 0 saturated carbocycles. The van der Waals surface area contributed by atoms with E-state index in [2.05, 4.69) is 15.9 Å². The summed E-state index contributed by atoms with van der Waals surface area (Å²) >= 11 is 3.46. The summed E-state index contributed by atoms with van der Waals surface area (Å²) < 4.78 is 28.9. The molecule has 1 heterocycles. The number of carbonyl (C=O) groups is 1. The SMILES string of the molecule is O=C(c1ccccc1)N1C[C@H](Cc2ccccc2)N(S(=O)(=O)c2ccc([N+](=O)[O-])cc2)C[C@@H]1CBr. The van der Waals surface area contributed by atoms with Crippen LogP contribution in [0.25, 0.3) is 0 Å². The molecule has 0 radical (unpaired) electrons. The first-order valence-electron chi connectivity index (χ1n) is 11.0. The zero-order valence-corrected chi connectivity index (χ0v) is 21.1. The van der Waals surface area contributed by atoms with Crippen LogP contribution in [0.3, 0.4) is 0 Å². The topological polar surface area (TPSA) is 101 Å². The molecule has 4 rings (SSSR count). The quantitative estimate of drug-likeness (QED) is 0.247. The lowest BCUT2D eigenvalue weighted by Crippen LogP contribution is -2.62. The van der Waals surface area contributed by atoms with Gasteiger partial charge in [0.05, 0.1) is 15.9 Å². The standard InChI is InChI=1S/C25H24BrN3O5S/c26-16-23-18-28(35(33,34)24-13-11-21(12-14-24)29(31)32)22(15-19-7-3-1-4-8-19)17-27(23)25(30)20-9-5-2-6-10-20/h1-14,22-23H,15-18H2/t22-,23-/m0/s1. The van der Waals surface area contributed by atoms with Crippen molar-refractivity contribution in [2.75, 3.05) is 18.4 Å². The Morgan fingerprint density at radius 3 is 2.09 bits per heavy atom. The fourth-order valence-electron chi connectivity index (χ4n) is 4.27. The molecule has 1 fully saturated rings. The lowest BCUT2D eigenvalue weighted by molar-refractivity contribution is -0.384. The van der Waals surface area contributed by atoms with Crippen molar-refractivity contribution in [1.82, 2.24) is 9.21 Å². The Morgan fingerprint density at radius 2 is 1.51 bits per heavy atom. The normalized spacial score (nSPS) is 18.8.